The fourth-order valence-corrected chi connectivity index (χ4v) is 6.77. The second-order valence-corrected chi connectivity index (χ2v) is 17.0. The highest BCUT2D eigenvalue weighted by atomic mass is 16.6. The van der Waals surface area contributed by atoms with Crippen LogP contribution in [-0.4, -0.2) is 37.9 Å². The predicted octanol–water partition coefficient (Wildman–Crippen LogP) is 18.3. The van der Waals surface area contributed by atoms with E-state index in [2.05, 4.69) is 148 Å². The molecule has 0 aromatic rings. The summed E-state index contributed by atoms with van der Waals surface area (Å²) >= 11 is 0. The number of carbonyl (C=O) groups is 2. The number of ether oxygens (including phenoxy) is 3. The lowest BCUT2D eigenvalue weighted by atomic mass is 10.1. The van der Waals surface area contributed by atoms with Crippen molar-refractivity contribution in [1.82, 2.24) is 0 Å². The molecular weight excluding hydrogens is 813 g/mol. The molecule has 0 N–H and O–H groups in total. The van der Waals surface area contributed by atoms with Crippen LogP contribution in [-0.2, 0) is 23.8 Å². The van der Waals surface area contributed by atoms with E-state index in [4.69, 9.17) is 14.2 Å². The molecule has 0 heterocycles. The molecule has 0 aromatic heterocycles. The van der Waals surface area contributed by atoms with Gasteiger partial charge in [-0.2, -0.15) is 0 Å². The van der Waals surface area contributed by atoms with Gasteiger partial charge in [0, 0.05) is 19.4 Å². The van der Waals surface area contributed by atoms with Crippen LogP contribution in [0.2, 0.25) is 0 Å². The number of esters is 2. The van der Waals surface area contributed by atoms with Crippen molar-refractivity contribution in [3.8, 4) is 0 Å². The highest BCUT2D eigenvalue weighted by Crippen LogP contribution is 2.12. The summed E-state index contributed by atoms with van der Waals surface area (Å²) < 4.78 is 17.3. The number of carbonyl (C=O) groups excluding carboxylic acids is 2. The van der Waals surface area contributed by atoms with Gasteiger partial charge in [-0.25, -0.2) is 0 Å². The molecule has 0 amide bonds. The van der Waals surface area contributed by atoms with E-state index in [9.17, 15) is 9.59 Å². The van der Waals surface area contributed by atoms with Crippen LogP contribution < -0.4 is 0 Å². The van der Waals surface area contributed by atoms with Crippen molar-refractivity contribution in [3.63, 3.8) is 0 Å². The van der Waals surface area contributed by atoms with E-state index in [-0.39, 0.29) is 31.6 Å². The number of hydrogen-bond acceptors (Lipinski definition) is 5. The van der Waals surface area contributed by atoms with Crippen molar-refractivity contribution in [2.24, 2.45) is 0 Å². The number of hydrogen-bond donors (Lipinski definition) is 0. The van der Waals surface area contributed by atoms with Gasteiger partial charge in [0.15, 0.2) is 6.10 Å². The third-order valence-corrected chi connectivity index (χ3v) is 10.7. The Kier molecular flexibility index (Phi) is 52.0. The molecule has 0 aliphatic heterocycles. The van der Waals surface area contributed by atoms with Crippen LogP contribution in [0.15, 0.2) is 134 Å². The van der Waals surface area contributed by atoms with Crippen LogP contribution in [0.25, 0.3) is 0 Å². The fraction of sp³-hybridized carbons (Fsp3) is 0.607. The molecule has 5 nitrogen and oxygen atoms in total. The Morgan fingerprint density at radius 3 is 1.17 bits per heavy atom. The van der Waals surface area contributed by atoms with E-state index in [0.717, 1.165) is 96.3 Å². The average Bonchev–Trinajstić information content (AvgIpc) is 3.32. The first-order chi connectivity index (χ1) is 32.6. The average molecular weight is 911 g/mol. The van der Waals surface area contributed by atoms with Crippen molar-refractivity contribution in [1.29, 1.82) is 0 Å². The van der Waals surface area contributed by atoms with Crippen molar-refractivity contribution >= 4 is 11.9 Å². The maximum absolute atomic E-state index is 12.8. The van der Waals surface area contributed by atoms with Gasteiger partial charge in [0.2, 0.25) is 0 Å². The number of allylic oxidation sites excluding steroid dienone is 22. The first-order valence-corrected chi connectivity index (χ1v) is 26.7. The van der Waals surface area contributed by atoms with Crippen LogP contribution in [0.1, 0.15) is 213 Å². The van der Waals surface area contributed by atoms with Crippen molar-refractivity contribution in [2.75, 3.05) is 19.8 Å². The molecule has 0 saturated heterocycles. The Hall–Kier alpha value is -3.96. The molecule has 5 heteroatoms. The topological polar surface area (TPSA) is 61.8 Å². The number of rotatable bonds is 47. The molecule has 0 rings (SSSR count). The Balaban J connectivity index is 4.46. The van der Waals surface area contributed by atoms with Crippen LogP contribution in [0, 0.1) is 0 Å². The summed E-state index contributed by atoms with van der Waals surface area (Å²) in [6.07, 6.45) is 79.2. The zero-order chi connectivity index (χ0) is 47.7. The van der Waals surface area contributed by atoms with Crippen molar-refractivity contribution < 1.29 is 23.8 Å². The minimum absolute atomic E-state index is 0.0229. The second-order valence-electron chi connectivity index (χ2n) is 17.0. The minimum atomic E-state index is -0.616. The second kappa shape index (κ2) is 55.4. The van der Waals surface area contributed by atoms with E-state index >= 15 is 0 Å². The van der Waals surface area contributed by atoms with Gasteiger partial charge in [0.25, 0.3) is 0 Å². The lowest BCUT2D eigenvalue weighted by Gasteiger charge is -2.18. The molecule has 372 valence electrons. The first kappa shape index (κ1) is 62.0. The molecule has 0 aliphatic carbocycles. The Morgan fingerprint density at radius 2 is 0.712 bits per heavy atom. The van der Waals surface area contributed by atoms with Crippen LogP contribution in [0.5, 0.6) is 0 Å². The van der Waals surface area contributed by atoms with Crippen LogP contribution >= 0.6 is 0 Å². The van der Waals surface area contributed by atoms with Gasteiger partial charge in [0.05, 0.1) is 6.61 Å². The fourth-order valence-electron chi connectivity index (χ4n) is 6.77. The van der Waals surface area contributed by atoms with Crippen LogP contribution in [0.4, 0.5) is 0 Å². The normalized spacial score (nSPS) is 13.3. The quantitative estimate of drug-likeness (QED) is 0.0346. The van der Waals surface area contributed by atoms with Gasteiger partial charge in [-0.15, -0.1) is 0 Å². The van der Waals surface area contributed by atoms with E-state index in [1.807, 2.05) is 6.08 Å². The zero-order valence-corrected chi connectivity index (χ0v) is 42.7. The van der Waals surface area contributed by atoms with E-state index in [1.165, 1.54) is 77.0 Å². The van der Waals surface area contributed by atoms with Gasteiger partial charge in [-0.05, 0) is 116 Å². The highest BCUT2D eigenvalue weighted by Gasteiger charge is 2.17. The molecule has 0 aliphatic rings. The molecule has 1 atom stereocenters. The molecule has 0 aromatic carbocycles. The standard InChI is InChI=1S/C61H98O5/c1-4-7-10-13-16-19-22-25-27-29-30-31-33-35-38-41-44-47-50-53-56-64-57-59(66-61(63)55-52-49-46-43-40-36-24-21-18-15-12-9-6-3)58-65-60(62)54-51-48-45-42-39-37-34-32-28-26-23-20-17-14-11-8-5-2/h7,9-10,12,16,18-19,21,25-28,30-31,35-36,38,40,44,46-47,49,59H,4-6,8,11,13-15,17,20,22-24,29,32-34,37,39,41-43,45,48,50-58H2,1-3H3/b10-7-,12-9-,19-16-,21-18-,27-25-,28-26-,31-30-,38-35-,40-36-,47-44-,49-46-. The molecule has 0 radical (unpaired) electrons. The first-order valence-electron chi connectivity index (χ1n) is 26.7. The minimum Gasteiger partial charge on any atom is -0.462 e. The number of unbranched alkanes of at least 4 members (excludes halogenated alkanes) is 14. The third-order valence-electron chi connectivity index (χ3n) is 10.7. The van der Waals surface area contributed by atoms with Gasteiger partial charge in [0.1, 0.15) is 6.61 Å². The molecule has 0 bridgehead atoms. The van der Waals surface area contributed by atoms with E-state index in [0.29, 0.717) is 19.4 Å². The SMILES string of the molecule is CC/C=C\C/C=C\C/C=C\C/C=C\C/C=C\C/C=C\CCCOCC(COC(=O)CCCCCCCCC/C=C\CCCCCCCC)OC(=O)CC/C=C\C/C=C\C/C=C\C/C=C\CC. The largest absolute Gasteiger partial charge is 0.462 e. The van der Waals surface area contributed by atoms with Gasteiger partial charge in [-0.3, -0.25) is 9.59 Å². The monoisotopic (exact) mass is 911 g/mol. The lowest BCUT2D eigenvalue weighted by Crippen LogP contribution is -2.30. The van der Waals surface area contributed by atoms with Crippen LogP contribution in [0.3, 0.4) is 0 Å². The summed E-state index contributed by atoms with van der Waals surface area (Å²) in [6.45, 7) is 7.35. The third kappa shape index (κ3) is 52.7. The summed E-state index contributed by atoms with van der Waals surface area (Å²) in [5, 5.41) is 0. The Labute approximate surface area is 407 Å². The summed E-state index contributed by atoms with van der Waals surface area (Å²) in [5.41, 5.74) is 0. The Morgan fingerprint density at radius 1 is 0.348 bits per heavy atom. The van der Waals surface area contributed by atoms with Gasteiger partial charge < -0.3 is 14.2 Å². The van der Waals surface area contributed by atoms with Crippen molar-refractivity contribution in [3.05, 3.63) is 134 Å². The Bertz CT molecular complexity index is 1400. The lowest BCUT2D eigenvalue weighted by molar-refractivity contribution is -0.162. The maximum Gasteiger partial charge on any atom is 0.306 e. The molecule has 66 heavy (non-hydrogen) atoms. The van der Waals surface area contributed by atoms with Gasteiger partial charge in [-0.1, -0.05) is 219 Å². The van der Waals surface area contributed by atoms with E-state index in [1.54, 1.807) is 0 Å². The smallest absolute Gasteiger partial charge is 0.306 e. The molecule has 0 spiro atoms. The summed E-state index contributed by atoms with van der Waals surface area (Å²) in [7, 11) is 0. The zero-order valence-electron chi connectivity index (χ0n) is 42.7. The highest BCUT2D eigenvalue weighted by molar-refractivity contribution is 5.70. The molecular formula is C61H98O5. The van der Waals surface area contributed by atoms with E-state index < -0.39 is 6.10 Å². The summed E-state index contributed by atoms with van der Waals surface area (Å²) in [6, 6.07) is 0. The predicted molar refractivity (Wildman–Crippen MR) is 288 cm³/mol. The summed E-state index contributed by atoms with van der Waals surface area (Å²) in [5.74, 6) is -0.537. The molecule has 1 unspecified atom stereocenters. The van der Waals surface area contributed by atoms with Crippen molar-refractivity contribution in [2.45, 2.75) is 219 Å². The van der Waals surface area contributed by atoms with Gasteiger partial charge >= 0.3 is 11.9 Å². The molecule has 0 fully saturated rings. The maximum atomic E-state index is 12.8. The summed E-state index contributed by atoms with van der Waals surface area (Å²) in [4.78, 5) is 25.4. The molecule has 0 saturated carbocycles.